The van der Waals surface area contributed by atoms with Crippen molar-refractivity contribution in [1.82, 2.24) is 19.7 Å². The second kappa shape index (κ2) is 6.18. The summed E-state index contributed by atoms with van der Waals surface area (Å²) in [6, 6.07) is 0. The molecule has 0 aromatic carbocycles. The molecule has 24 heavy (non-hydrogen) atoms. The van der Waals surface area contributed by atoms with Gasteiger partial charge in [0.25, 0.3) is 0 Å². The van der Waals surface area contributed by atoms with Crippen molar-refractivity contribution < 1.29 is 9.47 Å². The average molecular weight is 332 g/mol. The predicted molar refractivity (Wildman–Crippen MR) is 91.6 cm³/mol. The topological polar surface area (TPSA) is 68.5 Å². The molecule has 8 nitrogen and oxygen atoms in total. The van der Waals surface area contributed by atoms with E-state index in [4.69, 9.17) is 19.4 Å². The molecular formula is C16H24N6O2. The summed E-state index contributed by atoms with van der Waals surface area (Å²) >= 11 is 0. The predicted octanol–water partition coefficient (Wildman–Crippen LogP) is 0.813. The maximum atomic E-state index is 5.84. The zero-order chi connectivity index (χ0) is 16.7. The van der Waals surface area contributed by atoms with E-state index in [0.717, 1.165) is 62.2 Å². The first-order valence-corrected chi connectivity index (χ1v) is 8.54. The summed E-state index contributed by atoms with van der Waals surface area (Å²) in [6.07, 6.45) is 2.20. The van der Waals surface area contributed by atoms with Crippen LogP contribution in [-0.2, 0) is 16.5 Å². The zero-order valence-electron chi connectivity index (χ0n) is 14.5. The van der Waals surface area contributed by atoms with Gasteiger partial charge in [-0.05, 0) is 13.8 Å². The van der Waals surface area contributed by atoms with Gasteiger partial charge in [-0.3, -0.25) is 4.68 Å². The van der Waals surface area contributed by atoms with Crippen molar-refractivity contribution in [2.45, 2.75) is 26.1 Å². The summed E-state index contributed by atoms with van der Waals surface area (Å²) in [5, 5.41) is 5.38. The third kappa shape index (κ3) is 2.80. The number of hydrogen-bond donors (Lipinski definition) is 0. The van der Waals surface area contributed by atoms with E-state index in [2.05, 4.69) is 28.7 Å². The van der Waals surface area contributed by atoms with Gasteiger partial charge >= 0.3 is 0 Å². The molecule has 0 aliphatic carbocycles. The molecule has 4 heterocycles. The van der Waals surface area contributed by atoms with Gasteiger partial charge < -0.3 is 19.3 Å². The number of anilines is 2. The number of aryl methyl sites for hydroxylation is 1. The lowest BCUT2D eigenvalue weighted by Gasteiger charge is -2.36. The number of hydrogen-bond acceptors (Lipinski definition) is 7. The lowest BCUT2D eigenvalue weighted by atomic mass is 10.2. The van der Waals surface area contributed by atoms with E-state index in [1.165, 1.54) is 0 Å². The van der Waals surface area contributed by atoms with Crippen molar-refractivity contribution in [2.75, 3.05) is 49.2 Å². The highest BCUT2D eigenvalue weighted by molar-refractivity contribution is 5.88. The Kier molecular flexibility index (Phi) is 4.01. The Bertz CT molecular complexity index is 717. The minimum absolute atomic E-state index is 0.173. The molecule has 2 aliphatic rings. The summed E-state index contributed by atoms with van der Waals surface area (Å²) in [5.41, 5.74) is 0.869. The quantitative estimate of drug-likeness (QED) is 0.806. The van der Waals surface area contributed by atoms with E-state index in [-0.39, 0.29) is 12.2 Å². The summed E-state index contributed by atoms with van der Waals surface area (Å²) in [6.45, 7) is 8.93. The summed E-state index contributed by atoms with van der Waals surface area (Å²) in [7, 11) is 1.92. The molecule has 0 radical (unpaired) electrons. The van der Waals surface area contributed by atoms with Crippen LogP contribution in [0.4, 0.5) is 11.8 Å². The summed E-state index contributed by atoms with van der Waals surface area (Å²) in [5.74, 6) is 1.72. The highest BCUT2D eigenvalue weighted by atomic mass is 16.5. The number of morpholine rings is 2. The van der Waals surface area contributed by atoms with Crippen molar-refractivity contribution in [3.8, 4) is 0 Å². The van der Waals surface area contributed by atoms with E-state index in [1.54, 1.807) is 0 Å². The van der Waals surface area contributed by atoms with Crippen LogP contribution in [0.2, 0.25) is 0 Å². The molecule has 4 rings (SSSR count). The molecule has 2 atom stereocenters. The molecule has 2 fully saturated rings. The van der Waals surface area contributed by atoms with E-state index in [0.29, 0.717) is 0 Å². The third-order valence-electron chi connectivity index (χ3n) is 4.57. The number of ether oxygens (including phenoxy) is 2. The van der Waals surface area contributed by atoms with Gasteiger partial charge in [0.15, 0.2) is 5.65 Å². The molecular weight excluding hydrogens is 308 g/mol. The van der Waals surface area contributed by atoms with Gasteiger partial charge in [0, 0.05) is 33.2 Å². The normalized spacial score (nSPS) is 25.5. The van der Waals surface area contributed by atoms with Crippen LogP contribution in [0.15, 0.2) is 6.20 Å². The van der Waals surface area contributed by atoms with Crippen LogP contribution in [0.25, 0.3) is 11.0 Å². The Balaban J connectivity index is 1.77. The first-order chi connectivity index (χ1) is 11.6. The van der Waals surface area contributed by atoms with Crippen molar-refractivity contribution in [3.63, 3.8) is 0 Å². The maximum absolute atomic E-state index is 5.84. The monoisotopic (exact) mass is 332 g/mol. The van der Waals surface area contributed by atoms with Gasteiger partial charge in [0.2, 0.25) is 5.95 Å². The van der Waals surface area contributed by atoms with Crippen molar-refractivity contribution in [3.05, 3.63) is 6.20 Å². The van der Waals surface area contributed by atoms with Crippen molar-refractivity contribution >= 4 is 22.8 Å². The molecule has 2 saturated heterocycles. The molecule has 0 saturated carbocycles. The van der Waals surface area contributed by atoms with Gasteiger partial charge in [-0.2, -0.15) is 15.1 Å². The van der Waals surface area contributed by atoms with Crippen LogP contribution < -0.4 is 9.80 Å². The molecule has 130 valence electrons. The highest BCUT2D eigenvalue weighted by Crippen LogP contribution is 2.28. The third-order valence-corrected chi connectivity index (χ3v) is 4.57. The highest BCUT2D eigenvalue weighted by Gasteiger charge is 2.27. The first kappa shape index (κ1) is 15.6. The fourth-order valence-corrected chi connectivity index (χ4v) is 3.49. The van der Waals surface area contributed by atoms with Crippen LogP contribution in [0.3, 0.4) is 0 Å². The van der Waals surface area contributed by atoms with Gasteiger partial charge in [0.1, 0.15) is 5.82 Å². The number of aromatic nitrogens is 4. The Morgan fingerprint density at radius 2 is 1.75 bits per heavy atom. The maximum Gasteiger partial charge on any atom is 0.229 e. The Labute approximate surface area is 141 Å². The Hall–Kier alpha value is -1.93. The first-order valence-electron chi connectivity index (χ1n) is 8.54. The lowest BCUT2D eigenvalue weighted by Crippen LogP contribution is -2.46. The Morgan fingerprint density at radius 3 is 2.46 bits per heavy atom. The van der Waals surface area contributed by atoms with Crippen molar-refractivity contribution in [2.24, 2.45) is 7.05 Å². The molecule has 2 aromatic heterocycles. The molecule has 0 amide bonds. The number of nitrogens with zero attached hydrogens (tertiary/aromatic N) is 6. The number of fused-ring (bicyclic) bond motifs is 1. The SMILES string of the molecule is CC1CN(c2nc(N3CCOCC3)c3cnn(C)c3n2)CC(C)O1. The van der Waals surface area contributed by atoms with Crippen LogP contribution >= 0.6 is 0 Å². The molecule has 8 heteroatoms. The van der Waals surface area contributed by atoms with Crippen LogP contribution in [0, 0.1) is 0 Å². The summed E-state index contributed by atoms with van der Waals surface area (Å²) < 4.78 is 13.1. The second-order valence-electron chi connectivity index (χ2n) is 6.61. The number of rotatable bonds is 2. The molecule has 2 unspecified atom stereocenters. The van der Waals surface area contributed by atoms with Gasteiger partial charge in [0.05, 0.1) is 37.0 Å². The fraction of sp³-hybridized carbons (Fsp3) is 0.688. The molecule has 0 bridgehead atoms. The van der Waals surface area contributed by atoms with E-state index < -0.39 is 0 Å². The molecule has 2 aliphatic heterocycles. The van der Waals surface area contributed by atoms with Crippen molar-refractivity contribution in [1.29, 1.82) is 0 Å². The largest absolute Gasteiger partial charge is 0.378 e. The molecule has 2 aromatic rings. The van der Waals surface area contributed by atoms with E-state index in [1.807, 2.05) is 17.9 Å². The molecule has 0 N–H and O–H groups in total. The van der Waals surface area contributed by atoms with Crippen LogP contribution in [0.1, 0.15) is 13.8 Å². The Morgan fingerprint density at radius 1 is 1.04 bits per heavy atom. The second-order valence-corrected chi connectivity index (χ2v) is 6.61. The van der Waals surface area contributed by atoms with E-state index in [9.17, 15) is 0 Å². The van der Waals surface area contributed by atoms with Crippen LogP contribution in [-0.4, -0.2) is 71.3 Å². The fourth-order valence-electron chi connectivity index (χ4n) is 3.49. The van der Waals surface area contributed by atoms with Crippen LogP contribution in [0.5, 0.6) is 0 Å². The smallest absolute Gasteiger partial charge is 0.229 e. The standard InChI is InChI=1S/C16H24N6O2/c1-11-9-22(10-12(2)24-11)16-18-14-13(8-17-20(14)3)15(19-16)21-4-6-23-7-5-21/h8,11-12H,4-7,9-10H2,1-3H3. The lowest BCUT2D eigenvalue weighted by molar-refractivity contribution is -0.00570. The van der Waals surface area contributed by atoms with Gasteiger partial charge in [-0.1, -0.05) is 0 Å². The average Bonchev–Trinajstić information content (AvgIpc) is 2.95. The van der Waals surface area contributed by atoms with Gasteiger partial charge in [-0.25, -0.2) is 0 Å². The minimum Gasteiger partial charge on any atom is -0.378 e. The molecule has 0 spiro atoms. The minimum atomic E-state index is 0.173. The van der Waals surface area contributed by atoms with E-state index >= 15 is 0 Å². The summed E-state index contributed by atoms with van der Waals surface area (Å²) in [4.78, 5) is 14.2. The van der Waals surface area contributed by atoms with Gasteiger partial charge in [-0.15, -0.1) is 0 Å². The zero-order valence-corrected chi connectivity index (χ0v) is 14.5.